The number of carboxylic acid groups (broad SMARTS) is 1. The van der Waals surface area contributed by atoms with E-state index < -0.39 is 12.0 Å². The number of amides is 1. The van der Waals surface area contributed by atoms with Crippen LogP contribution in [-0.2, 0) is 16.0 Å². The second-order valence-corrected chi connectivity index (χ2v) is 5.78. The second kappa shape index (κ2) is 6.32. The average Bonchev–Trinajstić information content (AvgIpc) is 2.79. The van der Waals surface area contributed by atoms with Crippen LogP contribution in [0.15, 0.2) is 0 Å². The van der Waals surface area contributed by atoms with Gasteiger partial charge in [0.15, 0.2) is 6.04 Å². The van der Waals surface area contributed by atoms with Crippen molar-refractivity contribution in [1.29, 1.82) is 0 Å². The van der Waals surface area contributed by atoms with Crippen molar-refractivity contribution < 1.29 is 19.4 Å². The van der Waals surface area contributed by atoms with Gasteiger partial charge in [-0.25, -0.2) is 9.78 Å². The number of carbonyl (C=O) groups excluding carboxylic acids is 1. The molecule has 20 heavy (non-hydrogen) atoms. The SMILES string of the molecule is CCCc1nc(C)c(C(=O)N2CCOC[C@@H]2C(=O)O)s1. The third-order valence-corrected chi connectivity index (χ3v) is 4.38. The normalized spacial score (nSPS) is 19.1. The Morgan fingerprint density at radius 2 is 2.30 bits per heavy atom. The third-order valence-electron chi connectivity index (χ3n) is 3.17. The predicted octanol–water partition coefficient (Wildman–Crippen LogP) is 1.33. The fourth-order valence-corrected chi connectivity index (χ4v) is 3.28. The van der Waals surface area contributed by atoms with E-state index in [-0.39, 0.29) is 12.5 Å². The Labute approximate surface area is 121 Å². The topological polar surface area (TPSA) is 79.7 Å². The summed E-state index contributed by atoms with van der Waals surface area (Å²) in [6, 6.07) is -0.910. The Hall–Kier alpha value is -1.47. The van der Waals surface area contributed by atoms with E-state index >= 15 is 0 Å². The molecular weight excluding hydrogens is 280 g/mol. The Bertz CT molecular complexity index is 514. The van der Waals surface area contributed by atoms with Crippen molar-refractivity contribution in [3.8, 4) is 0 Å². The zero-order valence-corrected chi connectivity index (χ0v) is 12.4. The van der Waals surface area contributed by atoms with Crippen molar-refractivity contribution in [2.45, 2.75) is 32.7 Å². The number of carboxylic acids is 1. The summed E-state index contributed by atoms with van der Waals surface area (Å²) in [7, 11) is 0. The first-order chi connectivity index (χ1) is 9.54. The molecule has 0 saturated carbocycles. The maximum absolute atomic E-state index is 12.5. The van der Waals surface area contributed by atoms with E-state index in [0.717, 1.165) is 17.8 Å². The molecule has 110 valence electrons. The molecule has 1 fully saturated rings. The molecule has 7 heteroatoms. The number of aryl methyl sites for hydroxylation is 2. The molecule has 1 aliphatic rings. The van der Waals surface area contributed by atoms with Gasteiger partial charge in [-0.05, 0) is 19.8 Å². The molecule has 0 unspecified atom stereocenters. The number of ether oxygens (including phenoxy) is 1. The lowest BCUT2D eigenvalue weighted by atomic mass is 10.2. The third kappa shape index (κ3) is 2.99. The van der Waals surface area contributed by atoms with E-state index in [1.54, 1.807) is 6.92 Å². The first-order valence-electron chi connectivity index (χ1n) is 6.62. The Balaban J connectivity index is 2.22. The number of carbonyl (C=O) groups is 2. The highest BCUT2D eigenvalue weighted by Crippen LogP contribution is 2.23. The van der Waals surface area contributed by atoms with E-state index in [0.29, 0.717) is 23.7 Å². The molecule has 1 saturated heterocycles. The number of aliphatic carboxylic acids is 1. The maximum atomic E-state index is 12.5. The first-order valence-corrected chi connectivity index (χ1v) is 7.44. The molecule has 0 aliphatic carbocycles. The zero-order chi connectivity index (χ0) is 14.7. The lowest BCUT2D eigenvalue weighted by Crippen LogP contribution is -2.52. The molecule has 2 rings (SSSR count). The molecule has 1 aromatic rings. The van der Waals surface area contributed by atoms with Crippen LogP contribution in [0.25, 0.3) is 0 Å². The number of hydrogen-bond donors (Lipinski definition) is 1. The molecule has 0 spiro atoms. The van der Waals surface area contributed by atoms with Crippen molar-refractivity contribution in [2.75, 3.05) is 19.8 Å². The molecule has 1 amide bonds. The summed E-state index contributed by atoms with van der Waals surface area (Å²) >= 11 is 1.36. The number of nitrogens with zero attached hydrogens (tertiary/aromatic N) is 2. The van der Waals surface area contributed by atoms with E-state index in [1.807, 2.05) is 0 Å². The highest BCUT2D eigenvalue weighted by atomic mass is 32.1. The lowest BCUT2D eigenvalue weighted by molar-refractivity contribution is -0.147. The minimum atomic E-state index is -1.03. The van der Waals surface area contributed by atoms with E-state index in [4.69, 9.17) is 4.74 Å². The second-order valence-electron chi connectivity index (χ2n) is 4.70. The molecule has 1 N–H and O–H groups in total. The number of rotatable bonds is 4. The molecule has 0 radical (unpaired) electrons. The van der Waals surface area contributed by atoms with Gasteiger partial charge < -0.3 is 14.7 Å². The summed E-state index contributed by atoms with van der Waals surface area (Å²) in [6.07, 6.45) is 1.81. The van der Waals surface area contributed by atoms with Crippen molar-refractivity contribution in [3.05, 3.63) is 15.6 Å². The van der Waals surface area contributed by atoms with Gasteiger partial charge in [-0.15, -0.1) is 11.3 Å². The van der Waals surface area contributed by atoms with Crippen molar-refractivity contribution >= 4 is 23.2 Å². The van der Waals surface area contributed by atoms with Gasteiger partial charge in [0, 0.05) is 6.54 Å². The molecule has 0 aromatic carbocycles. The van der Waals surface area contributed by atoms with Crippen LogP contribution in [0.1, 0.15) is 33.7 Å². The lowest BCUT2D eigenvalue weighted by Gasteiger charge is -2.32. The van der Waals surface area contributed by atoms with Gasteiger partial charge in [0.1, 0.15) is 4.88 Å². The van der Waals surface area contributed by atoms with E-state index in [2.05, 4.69) is 11.9 Å². The van der Waals surface area contributed by atoms with Crippen LogP contribution < -0.4 is 0 Å². The smallest absolute Gasteiger partial charge is 0.328 e. The van der Waals surface area contributed by atoms with Crippen LogP contribution in [0.2, 0.25) is 0 Å². The Morgan fingerprint density at radius 1 is 1.55 bits per heavy atom. The van der Waals surface area contributed by atoms with Crippen molar-refractivity contribution in [1.82, 2.24) is 9.88 Å². The average molecular weight is 298 g/mol. The maximum Gasteiger partial charge on any atom is 0.328 e. The molecule has 1 atom stereocenters. The van der Waals surface area contributed by atoms with Gasteiger partial charge in [-0.3, -0.25) is 4.79 Å². The fourth-order valence-electron chi connectivity index (χ4n) is 2.15. The predicted molar refractivity (Wildman–Crippen MR) is 74.1 cm³/mol. The van der Waals surface area contributed by atoms with Crippen LogP contribution in [-0.4, -0.2) is 52.7 Å². The van der Waals surface area contributed by atoms with Gasteiger partial charge in [0.2, 0.25) is 0 Å². The van der Waals surface area contributed by atoms with Crippen molar-refractivity contribution in [3.63, 3.8) is 0 Å². The van der Waals surface area contributed by atoms with Crippen LogP contribution in [0.3, 0.4) is 0 Å². The standard InChI is InChI=1S/C13H18N2O4S/c1-3-4-10-14-8(2)11(20-10)12(16)15-5-6-19-7-9(15)13(17)18/h9H,3-7H2,1-2H3,(H,17,18)/t9-/m1/s1. The van der Waals surface area contributed by atoms with Gasteiger partial charge >= 0.3 is 5.97 Å². The molecule has 2 heterocycles. The summed E-state index contributed by atoms with van der Waals surface area (Å²) < 4.78 is 5.15. The van der Waals surface area contributed by atoms with Crippen LogP contribution >= 0.6 is 11.3 Å². The summed E-state index contributed by atoms with van der Waals surface area (Å²) in [5, 5.41) is 10.1. The highest BCUT2D eigenvalue weighted by Gasteiger charge is 2.34. The molecule has 1 aromatic heterocycles. The molecule has 6 nitrogen and oxygen atoms in total. The number of aromatic nitrogens is 1. The minimum Gasteiger partial charge on any atom is -0.480 e. The van der Waals surface area contributed by atoms with Crippen LogP contribution in [0.4, 0.5) is 0 Å². The summed E-state index contributed by atoms with van der Waals surface area (Å²) in [6.45, 7) is 4.56. The molecule has 1 aliphatic heterocycles. The van der Waals surface area contributed by atoms with E-state index in [9.17, 15) is 14.7 Å². The Kier molecular flexibility index (Phi) is 4.72. The highest BCUT2D eigenvalue weighted by molar-refractivity contribution is 7.13. The largest absolute Gasteiger partial charge is 0.480 e. The quantitative estimate of drug-likeness (QED) is 0.907. The summed E-state index contributed by atoms with van der Waals surface area (Å²) in [5.41, 5.74) is 0.680. The number of hydrogen-bond acceptors (Lipinski definition) is 5. The van der Waals surface area contributed by atoms with Gasteiger partial charge in [-0.1, -0.05) is 6.92 Å². The monoisotopic (exact) mass is 298 g/mol. The van der Waals surface area contributed by atoms with Crippen LogP contribution in [0, 0.1) is 6.92 Å². The number of morpholine rings is 1. The van der Waals surface area contributed by atoms with E-state index in [1.165, 1.54) is 16.2 Å². The fraction of sp³-hybridized carbons (Fsp3) is 0.615. The summed E-state index contributed by atoms with van der Waals surface area (Å²) in [4.78, 5) is 30.0. The molecular formula is C13H18N2O4S. The minimum absolute atomic E-state index is 0.0424. The molecule has 0 bridgehead atoms. The summed E-state index contributed by atoms with van der Waals surface area (Å²) in [5.74, 6) is -1.29. The van der Waals surface area contributed by atoms with Gasteiger partial charge in [-0.2, -0.15) is 0 Å². The van der Waals surface area contributed by atoms with Crippen LogP contribution in [0.5, 0.6) is 0 Å². The zero-order valence-electron chi connectivity index (χ0n) is 11.6. The van der Waals surface area contributed by atoms with Gasteiger partial charge in [0.25, 0.3) is 5.91 Å². The van der Waals surface area contributed by atoms with Crippen molar-refractivity contribution in [2.24, 2.45) is 0 Å². The first kappa shape index (κ1) is 14.9. The number of thiazole rings is 1. The Morgan fingerprint density at radius 3 is 2.95 bits per heavy atom. The van der Waals surface area contributed by atoms with Gasteiger partial charge in [0.05, 0.1) is 23.9 Å².